The van der Waals surface area contributed by atoms with E-state index in [1.165, 1.54) is 7.11 Å². The number of halogens is 3. The molecule has 1 saturated carbocycles. The van der Waals surface area contributed by atoms with Gasteiger partial charge in [-0.25, -0.2) is 0 Å². The van der Waals surface area contributed by atoms with Crippen LogP contribution in [-0.2, 0) is 9.59 Å². The van der Waals surface area contributed by atoms with Crippen molar-refractivity contribution in [1.82, 2.24) is 0 Å². The fourth-order valence-electron chi connectivity index (χ4n) is 3.72. The molecule has 32 heavy (non-hydrogen) atoms. The van der Waals surface area contributed by atoms with E-state index >= 15 is 0 Å². The maximum absolute atomic E-state index is 13.0. The van der Waals surface area contributed by atoms with Crippen LogP contribution in [0.4, 0.5) is 24.5 Å². The first-order valence-electron chi connectivity index (χ1n) is 10.3. The van der Waals surface area contributed by atoms with Gasteiger partial charge in [-0.05, 0) is 49.6 Å². The van der Waals surface area contributed by atoms with E-state index < -0.39 is 29.8 Å². The second kappa shape index (κ2) is 10.4. The minimum absolute atomic E-state index is 0.0612. The number of para-hydroxylation sites is 2. The number of benzene rings is 2. The summed E-state index contributed by atoms with van der Waals surface area (Å²) in [6.07, 6.45) is -3.63. The van der Waals surface area contributed by atoms with Gasteiger partial charge < -0.3 is 20.1 Å². The van der Waals surface area contributed by atoms with Gasteiger partial charge in [0.2, 0.25) is 5.91 Å². The lowest BCUT2D eigenvalue weighted by atomic mass is 9.80. The number of ether oxygens (including phenoxy) is 2. The molecule has 2 amide bonds. The van der Waals surface area contributed by atoms with E-state index in [-0.39, 0.29) is 19.4 Å². The summed E-state index contributed by atoms with van der Waals surface area (Å²) in [4.78, 5) is 24.7. The van der Waals surface area contributed by atoms with Gasteiger partial charge in [0.05, 0.1) is 13.0 Å². The molecule has 172 valence electrons. The molecule has 2 aromatic rings. The number of hydrogen-bond donors (Lipinski definition) is 2. The predicted octanol–water partition coefficient (Wildman–Crippen LogP) is 5.02. The number of hydrogen-bond acceptors (Lipinski definition) is 4. The Morgan fingerprint density at radius 2 is 1.69 bits per heavy atom. The molecule has 2 N–H and O–H groups in total. The molecule has 2 unspecified atom stereocenters. The molecule has 0 heterocycles. The first kappa shape index (κ1) is 23.4. The Morgan fingerprint density at radius 1 is 1.00 bits per heavy atom. The Balaban J connectivity index is 1.54. The van der Waals surface area contributed by atoms with Crippen LogP contribution >= 0.6 is 0 Å². The summed E-state index contributed by atoms with van der Waals surface area (Å²) >= 11 is 0. The molecule has 0 saturated heterocycles. The second-order valence-corrected chi connectivity index (χ2v) is 7.66. The quantitative estimate of drug-likeness (QED) is 0.621. The smallest absolute Gasteiger partial charge is 0.391 e. The fraction of sp³-hybridized carbons (Fsp3) is 0.391. The summed E-state index contributed by atoms with van der Waals surface area (Å²) in [6, 6.07) is 13.3. The van der Waals surface area contributed by atoms with Crippen LogP contribution in [0, 0.1) is 11.8 Å². The number of anilines is 2. The van der Waals surface area contributed by atoms with Gasteiger partial charge in [-0.3, -0.25) is 9.59 Å². The van der Waals surface area contributed by atoms with Crippen LogP contribution in [-0.4, -0.2) is 31.7 Å². The van der Waals surface area contributed by atoms with E-state index in [1.54, 1.807) is 48.5 Å². The van der Waals surface area contributed by atoms with Gasteiger partial charge >= 0.3 is 6.18 Å². The van der Waals surface area contributed by atoms with E-state index in [0.29, 0.717) is 35.7 Å². The van der Waals surface area contributed by atoms with Crippen LogP contribution in [0.3, 0.4) is 0 Å². The molecule has 0 spiro atoms. The summed E-state index contributed by atoms with van der Waals surface area (Å²) < 4.78 is 49.7. The Morgan fingerprint density at radius 3 is 2.38 bits per heavy atom. The normalized spacial score (nSPS) is 18.5. The van der Waals surface area contributed by atoms with E-state index in [4.69, 9.17) is 9.47 Å². The van der Waals surface area contributed by atoms with Crippen molar-refractivity contribution in [1.29, 1.82) is 0 Å². The molecule has 0 bridgehead atoms. The van der Waals surface area contributed by atoms with Crippen molar-refractivity contribution < 1.29 is 32.2 Å². The summed E-state index contributed by atoms with van der Waals surface area (Å²) in [7, 11) is 1.50. The van der Waals surface area contributed by atoms with Gasteiger partial charge in [0.15, 0.2) is 18.1 Å². The highest BCUT2D eigenvalue weighted by Crippen LogP contribution is 2.40. The fourth-order valence-corrected chi connectivity index (χ4v) is 3.72. The number of methoxy groups -OCH3 is 1. The molecule has 3 rings (SSSR count). The van der Waals surface area contributed by atoms with E-state index in [2.05, 4.69) is 10.6 Å². The van der Waals surface area contributed by atoms with Gasteiger partial charge in [0, 0.05) is 17.3 Å². The van der Waals surface area contributed by atoms with Crippen LogP contribution < -0.4 is 20.1 Å². The minimum atomic E-state index is -4.28. The highest BCUT2D eigenvalue weighted by molar-refractivity contribution is 5.95. The maximum atomic E-state index is 13.0. The molecule has 0 aromatic heterocycles. The SMILES string of the molecule is COc1ccccc1OCC(=O)Nc1cccc(NC(=O)C2CCCC(C(F)(F)F)C2)c1. The first-order valence-corrected chi connectivity index (χ1v) is 10.3. The zero-order chi connectivity index (χ0) is 23.1. The molecule has 2 atom stereocenters. The Kier molecular flexibility index (Phi) is 7.61. The number of carbonyl (C=O) groups is 2. The van der Waals surface area contributed by atoms with Gasteiger partial charge in [0.1, 0.15) is 0 Å². The third kappa shape index (κ3) is 6.38. The zero-order valence-electron chi connectivity index (χ0n) is 17.6. The van der Waals surface area contributed by atoms with Crippen molar-refractivity contribution >= 4 is 23.2 Å². The van der Waals surface area contributed by atoms with Crippen molar-refractivity contribution in [2.75, 3.05) is 24.4 Å². The zero-order valence-corrected chi connectivity index (χ0v) is 17.6. The highest BCUT2D eigenvalue weighted by Gasteiger charge is 2.43. The predicted molar refractivity (Wildman–Crippen MR) is 114 cm³/mol. The van der Waals surface area contributed by atoms with E-state index in [9.17, 15) is 22.8 Å². The van der Waals surface area contributed by atoms with Gasteiger partial charge in [-0.1, -0.05) is 24.6 Å². The lowest BCUT2D eigenvalue weighted by Gasteiger charge is -2.29. The average molecular weight is 450 g/mol. The first-order chi connectivity index (χ1) is 15.3. The molecule has 1 aliphatic rings. The van der Waals surface area contributed by atoms with Gasteiger partial charge in [-0.15, -0.1) is 0 Å². The second-order valence-electron chi connectivity index (χ2n) is 7.66. The molecule has 1 aliphatic carbocycles. The van der Waals surface area contributed by atoms with Crippen LogP contribution in [0.5, 0.6) is 11.5 Å². The number of amides is 2. The topological polar surface area (TPSA) is 76.7 Å². The number of nitrogens with one attached hydrogen (secondary N) is 2. The number of alkyl halides is 3. The molecule has 0 radical (unpaired) electrons. The van der Waals surface area contributed by atoms with Crippen LogP contribution in [0.1, 0.15) is 25.7 Å². The standard InChI is InChI=1S/C23H25F3N2O4/c1-31-19-10-2-3-11-20(19)32-14-21(29)27-17-8-5-9-18(13-17)28-22(30)15-6-4-7-16(12-15)23(24,25)26/h2-3,5,8-11,13,15-16H,4,6-7,12,14H2,1H3,(H,27,29)(H,28,30). The Hall–Kier alpha value is -3.23. The summed E-state index contributed by atoms with van der Waals surface area (Å²) in [5.74, 6) is -2.07. The molecular weight excluding hydrogens is 425 g/mol. The molecule has 9 heteroatoms. The molecular formula is C23H25F3N2O4. The maximum Gasteiger partial charge on any atom is 0.391 e. The van der Waals surface area contributed by atoms with Crippen LogP contribution in [0.2, 0.25) is 0 Å². The Labute approximate surface area is 184 Å². The summed E-state index contributed by atoms with van der Waals surface area (Å²) in [5, 5.41) is 5.33. The lowest BCUT2D eigenvalue weighted by molar-refractivity contribution is -0.185. The van der Waals surface area contributed by atoms with Gasteiger partial charge in [-0.2, -0.15) is 13.2 Å². The van der Waals surface area contributed by atoms with Crippen LogP contribution in [0.15, 0.2) is 48.5 Å². The Bertz CT molecular complexity index is 949. The van der Waals surface area contributed by atoms with E-state index in [1.807, 2.05) is 0 Å². The van der Waals surface area contributed by atoms with Crippen molar-refractivity contribution in [2.45, 2.75) is 31.9 Å². The summed E-state index contributed by atoms with van der Waals surface area (Å²) in [6.45, 7) is -0.252. The monoisotopic (exact) mass is 450 g/mol. The molecule has 1 fully saturated rings. The third-order valence-corrected chi connectivity index (χ3v) is 5.35. The van der Waals surface area contributed by atoms with Crippen LogP contribution in [0.25, 0.3) is 0 Å². The molecule has 0 aliphatic heterocycles. The minimum Gasteiger partial charge on any atom is -0.493 e. The third-order valence-electron chi connectivity index (χ3n) is 5.35. The average Bonchev–Trinajstić information content (AvgIpc) is 2.77. The van der Waals surface area contributed by atoms with Crippen molar-refractivity contribution in [3.8, 4) is 11.5 Å². The van der Waals surface area contributed by atoms with Crippen molar-refractivity contribution in [2.24, 2.45) is 11.8 Å². The number of carbonyl (C=O) groups excluding carboxylic acids is 2. The molecule has 2 aromatic carbocycles. The lowest BCUT2D eigenvalue weighted by Crippen LogP contribution is -2.34. The van der Waals surface area contributed by atoms with E-state index in [0.717, 1.165) is 0 Å². The highest BCUT2D eigenvalue weighted by atomic mass is 19.4. The van der Waals surface area contributed by atoms with Crippen molar-refractivity contribution in [3.63, 3.8) is 0 Å². The van der Waals surface area contributed by atoms with Crippen molar-refractivity contribution in [3.05, 3.63) is 48.5 Å². The van der Waals surface area contributed by atoms with Gasteiger partial charge in [0.25, 0.3) is 5.91 Å². The molecule has 6 nitrogen and oxygen atoms in total. The number of rotatable bonds is 7. The largest absolute Gasteiger partial charge is 0.493 e. The summed E-state index contributed by atoms with van der Waals surface area (Å²) in [5.41, 5.74) is 0.820.